The maximum Gasteiger partial charge on any atom is 0.586 e. The highest BCUT2D eigenvalue weighted by Gasteiger charge is 2.43. The molecule has 1 aliphatic heterocycles. The van der Waals surface area contributed by atoms with Crippen molar-refractivity contribution in [3.8, 4) is 11.5 Å². The summed E-state index contributed by atoms with van der Waals surface area (Å²) in [6.45, 7) is 0.624. The second kappa shape index (κ2) is 6.84. The number of hydrogen-bond acceptors (Lipinski definition) is 7. The van der Waals surface area contributed by atoms with E-state index in [2.05, 4.69) is 30.1 Å². The van der Waals surface area contributed by atoms with Gasteiger partial charge in [-0.05, 0) is 30.7 Å². The van der Waals surface area contributed by atoms with Gasteiger partial charge in [0, 0.05) is 30.3 Å². The molecule has 0 saturated heterocycles. The highest BCUT2D eigenvalue weighted by molar-refractivity contribution is 5.90. The first kappa shape index (κ1) is 17.2. The Morgan fingerprint density at radius 3 is 2.70 bits per heavy atom. The second-order valence-corrected chi connectivity index (χ2v) is 5.87. The fraction of sp³-hybridized carbons (Fsp3) is 0.222. The Bertz CT molecular complexity index is 984. The van der Waals surface area contributed by atoms with Gasteiger partial charge < -0.3 is 25.2 Å². The predicted molar refractivity (Wildman–Crippen MR) is 95.7 cm³/mol. The third-order valence-electron chi connectivity index (χ3n) is 3.89. The van der Waals surface area contributed by atoms with Crippen LogP contribution in [0, 0.1) is 0 Å². The number of fused-ring (bicyclic) bond motifs is 2. The van der Waals surface area contributed by atoms with Crippen molar-refractivity contribution in [3.63, 3.8) is 0 Å². The highest BCUT2D eigenvalue weighted by atomic mass is 19.3. The van der Waals surface area contributed by atoms with Crippen LogP contribution in [0.1, 0.15) is 6.42 Å². The Balaban J connectivity index is 1.62. The van der Waals surface area contributed by atoms with Crippen molar-refractivity contribution < 1.29 is 23.4 Å². The molecular formula is C18H16F2N4O3. The minimum atomic E-state index is -3.66. The molecule has 140 valence electrons. The van der Waals surface area contributed by atoms with Crippen LogP contribution in [-0.4, -0.2) is 34.5 Å². The lowest BCUT2D eigenvalue weighted by Crippen LogP contribution is -2.25. The number of para-hydroxylation sites is 1. The van der Waals surface area contributed by atoms with Gasteiger partial charge >= 0.3 is 6.29 Å². The first-order valence-electron chi connectivity index (χ1n) is 8.32. The zero-order valence-corrected chi connectivity index (χ0v) is 14.1. The SMILES string of the molecule is OCCCNc1nc(Nc2ccc3c(c2)OC(F)(F)O3)nc2ccccc12. The number of aromatic nitrogens is 2. The van der Waals surface area contributed by atoms with E-state index in [1.54, 1.807) is 6.07 Å². The van der Waals surface area contributed by atoms with Gasteiger partial charge in [-0.25, -0.2) is 4.98 Å². The number of benzene rings is 2. The molecule has 4 rings (SSSR count). The van der Waals surface area contributed by atoms with Gasteiger partial charge in [0.05, 0.1) is 5.52 Å². The van der Waals surface area contributed by atoms with Gasteiger partial charge in [-0.3, -0.25) is 0 Å². The Morgan fingerprint density at radius 2 is 1.85 bits per heavy atom. The molecule has 0 amide bonds. The minimum Gasteiger partial charge on any atom is -0.396 e. The summed E-state index contributed by atoms with van der Waals surface area (Å²) in [6.07, 6.45) is -3.08. The van der Waals surface area contributed by atoms with Gasteiger partial charge in [0.1, 0.15) is 5.82 Å². The van der Waals surface area contributed by atoms with Crippen LogP contribution >= 0.6 is 0 Å². The van der Waals surface area contributed by atoms with E-state index in [0.29, 0.717) is 35.9 Å². The fourth-order valence-electron chi connectivity index (χ4n) is 2.71. The summed E-state index contributed by atoms with van der Waals surface area (Å²) in [6, 6.07) is 11.8. The van der Waals surface area contributed by atoms with Crippen LogP contribution in [0.25, 0.3) is 10.9 Å². The van der Waals surface area contributed by atoms with Crippen molar-refractivity contribution >= 4 is 28.4 Å². The van der Waals surface area contributed by atoms with Gasteiger partial charge in [0.15, 0.2) is 11.5 Å². The summed E-state index contributed by atoms with van der Waals surface area (Å²) in [5.41, 5.74) is 1.19. The van der Waals surface area contributed by atoms with Crippen LogP contribution in [0.4, 0.5) is 26.2 Å². The Labute approximate surface area is 153 Å². The van der Waals surface area contributed by atoms with E-state index in [9.17, 15) is 8.78 Å². The molecule has 0 fully saturated rings. The number of hydrogen-bond donors (Lipinski definition) is 3. The Morgan fingerprint density at radius 1 is 1.04 bits per heavy atom. The third-order valence-corrected chi connectivity index (χ3v) is 3.89. The molecule has 2 heterocycles. The molecule has 27 heavy (non-hydrogen) atoms. The first-order chi connectivity index (χ1) is 13.0. The second-order valence-electron chi connectivity index (χ2n) is 5.87. The number of nitrogens with one attached hydrogen (secondary N) is 2. The van der Waals surface area contributed by atoms with Gasteiger partial charge in [0.25, 0.3) is 0 Å². The molecule has 0 saturated carbocycles. The summed E-state index contributed by atoms with van der Waals surface area (Å²) in [7, 11) is 0. The molecule has 1 aromatic heterocycles. The molecule has 9 heteroatoms. The van der Waals surface area contributed by atoms with Crippen LogP contribution in [0.3, 0.4) is 0 Å². The average Bonchev–Trinajstić information content (AvgIpc) is 2.95. The van der Waals surface area contributed by atoms with Crippen LogP contribution in [0.15, 0.2) is 42.5 Å². The van der Waals surface area contributed by atoms with E-state index in [-0.39, 0.29) is 18.1 Å². The van der Waals surface area contributed by atoms with Crippen molar-refractivity contribution in [3.05, 3.63) is 42.5 Å². The number of anilines is 3. The van der Waals surface area contributed by atoms with E-state index in [4.69, 9.17) is 5.11 Å². The van der Waals surface area contributed by atoms with Gasteiger partial charge in [-0.1, -0.05) is 12.1 Å². The van der Waals surface area contributed by atoms with Crippen LogP contribution in [0.5, 0.6) is 11.5 Å². The molecule has 1 aliphatic rings. The Kier molecular flexibility index (Phi) is 4.36. The van der Waals surface area contributed by atoms with Crippen LogP contribution in [0.2, 0.25) is 0 Å². The van der Waals surface area contributed by atoms with Crippen molar-refractivity contribution in [1.29, 1.82) is 0 Å². The molecule has 0 unspecified atom stereocenters. The Hall–Kier alpha value is -3.20. The molecule has 3 N–H and O–H groups in total. The first-order valence-corrected chi connectivity index (χ1v) is 8.32. The van der Waals surface area contributed by atoms with E-state index >= 15 is 0 Å². The number of halogens is 2. The summed E-state index contributed by atoms with van der Waals surface area (Å²) >= 11 is 0. The topological polar surface area (TPSA) is 88.5 Å². The normalized spacial score (nSPS) is 14.3. The zero-order chi connectivity index (χ0) is 18.9. The number of nitrogens with zero attached hydrogens (tertiary/aromatic N) is 2. The number of aliphatic hydroxyl groups excluding tert-OH is 1. The van der Waals surface area contributed by atoms with Gasteiger partial charge in [-0.2, -0.15) is 4.98 Å². The summed E-state index contributed by atoms with van der Waals surface area (Å²) in [5.74, 6) is 0.818. The van der Waals surface area contributed by atoms with Crippen molar-refractivity contribution in [2.75, 3.05) is 23.8 Å². The quantitative estimate of drug-likeness (QED) is 0.569. The number of aliphatic hydroxyl groups is 1. The van der Waals surface area contributed by atoms with Crippen LogP contribution < -0.4 is 20.1 Å². The third kappa shape index (κ3) is 3.68. The lowest BCUT2D eigenvalue weighted by molar-refractivity contribution is -0.286. The molecule has 3 aromatic rings. The zero-order valence-electron chi connectivity index (χ0n) is 14.1. The molecule has 2 aromatic carbocycles. The van der Waals surface area contributed by atoms with Gasteiger partial charge in [-0.15, -0.1) is 8.78 Å². The molecule has 7 nitrogen and oxygen atoms in total. The van der Waals surface area contributed by atoms with Gasteiger partial charge in [0.2, 0.25) is 5.95 Å². The number of alkyl halides is 2. The highest BCUT2D eigenvalue weighted by Crippen LogP contribution is 2.42. The van der Waals surface area contributed by atoms with E-state index < -0.39 is 6.29 Å². The number of ether oxygens (including phenoxy) is 2. The molecule has 0 radical (unpaired) electrons. The van der Waals surface area contributed by atoms with Crippen molar-refractivity contribution in [2.45, 2.75) is 12.7 Å². The smallest absolute Gasteiger partial charge is 0.396 e. The van der Waals surface area contributed by atoms with E-state index in [0.717, 1.165) is 5.39 Å². The van der Waals surface area contributed by atoms with Crippen molar-refractivity contribution in [1.82, 2.24) is 9.97 Å². The maximum atomic E-state index is 13.2. The van der Waals surface area contributed by atoms with Crippen molar-refractivity contribution in [2.24, 2.45) is 0 Å². The summed E-state index contributed by atoms with van der Waals surface area (Å²) in [4.78, 5) is 8.90. The standard InChI is InChI=1S/C18H16F2N4O3/c19-18(20)26-14-7-6-11(10-15(14)27-18)22-17-23-13-5-2-1-4-12(13)16(24-17)21-8-3-9-25/h1-2,4-7,10,25H,3,8-9H2,(H2,21,22,23,24). The molecule has 0 spiro atoms. The molecule has 0 atom stereocenters. The summed E-state index contributed by atoms with van der Waals surface area (Å²) in [5, 5.41) is 16.0. The molecule has 0 bridgehead atoms. The molecule has 0 aliphatic carbocycles. The fourth-order valence-corrected chi connectivity index (χ4v) is 2.71. The number of rotatable bonds is 6. The lowest BCUT2D eigenvalue weighted by atomic mass is 10.2. The maximum absolute atomic E-state index is 13.2. The van der Waals surface area contributed by atoms with E-state index in [1.165, 1.54) is 12.1 Å². The molecular weight excluding hydrogens is 358 g/mol. The average molecular weight is 374 g/mol. The summed E-state index contributed by atoms with van der Waals surface area (Å²) < 4.78 is 35.2. The van der Waals surface area contributed by atoms with E-state index in [1.807, 2.05) is 24.3 Å². The predicted octanol–water partition coefficient (Wildman–Crippen LogP) is 3.49. The minimum absolute atomic E-state index is 0.0312. The largest absolute Gasteiger partial charge is 0.586 e. The van der Waals surface area contributed by atoms with Crippen LogP contribution in [-0.2, 0) is 0 Å². The monoisotopic (exact) mass is 374 g/mol. The lowest BCUT2D eigenvalue weighted by Gasteiger charge is -2.11.